The lowest BCUT2D eigenvalue weighted by Crippen LogP contribution is -2.29. The van der Waals surface area contributed by atoms with Gasteiger partial charge in [0, 0.05) is 17.6 Å². The van der Waals surface area contributed by atoms with E-state index in [0.29, 0.717) is 12.6 Å². The van der Waals surface area contributed by atoms with Gasteiger partial charge in [0.05, 0.1) is 0 Å². The average molecular weight is 240 g/mol. The summed E-state index contributed by atoms with van der Waals surface area (Å²) in [6.45, 7) is 4.78. The van der Waals surface area contributed by atoms with Crippen molar-refractivity contribution in [3.63, 3.8) is 0 Å². The van der Waals surface area contributed by atoms with Crippen LogP contribution in [-0.2, 0) is 5.60 Å². The van der Waals surface area contributed by atoms with Crippen LogP contribution in [-0.4, -0.2) is 29.6 Å². The maximum Gasteiger partial charge on any atom is 0.104 e. The van der Waals surface area contributed by atoms with Crippen LogP contribution in [0.1, 0.15) is 24.5 Å². The minimum Gasteiger partial charge on any atom is -0.384 e. The molecule has 1 aliphatic heterocycles. The van der Waals surface area contributed by atoms with Gasteiger partial charge in [-0.1, -0.05) is 23.7 Å². The standard InChI is InChI=1S/C13H18ClNO/c1-9-4-5-11(6-12(9)14)13(16)7-10(2)15(3)8-13/h4-6,10,16H,7-8H2,1-3H3. The Morgan fingerprint density at radius 3 is 2.69 bits per heavy atom. The second kappa shape index (κ2) is 4.02. The molecule has 0 radical (unpaired) electrons. The summed E-state index contributed by atoms with van der Waals surface area (Å²) in [7, 11) is 2.04. The zero-order valence-electron chi connectivity index (χ0n) is 10.00. The van der Waals surface area contributed by atoms with Crippen molar-refractivity contribution in [2.75, 3.05) is 13.6 Å². The van der Waals surface area contributed by atoms with Crippen molar-refractivity contribution in [1.82, 2.24) is 4.90 Å². The average Bonchev–Trinajstić information content (AvgIpc) is 2.46. The van der Waals surface area contributed by atoms with Crippen molar-refractivity contribution in [2.24, 2.45) is 0 Å². The van der Waals surface area contributed by atoms with Crippen LogP contribution in [0.4, 0.5) is 0 Å². The summed E-state index contributed by atoms with van der Waals surface area (Å²) in [5.74, 6) is 0. The van der Waals surface area contributed by atoms with Crippen molar-refractivity contribution < 1.29 is 5.11 Å². The number of aryl methyl sites for hydroxylation is 1. The van der Waals surface area contributed by atoms with Gasteiger partial charge in [0.15, 0.2) is 0 Å². The molecule has 0 saturated carbocycles. The van der Waals surface area contributed by atoms with Gasteiger partial charge >= 0.3 is 0 Å². The van der Waals surface area contributed by atoms with E-state index in [9.17, 15) is 5.11 Å². The number of likely N-dealkylation sites (tertiary alicyclic amines) is 1. The number of halogens is 1. The van der Waals surface area contributed by atoms with Crippen molar-refractivity contribution >= 4 is 11.6 Å². The van der Waals surface area contributed by atoms with Crippen LogP contribution in [0.15, 0.2) is 18.2 Å². The molecule has 3 heteroatoms. The van der Waals surface area contributed by atoms with Crippen molar-refractivity contribution in [3.8, 4) is 0 Å². The zero-order chi connectivity index (χ0) is 11.9. The number of rotatable bonds is 1. The summed E-state index contributed by atoms with van der Waals surface area (Å²) < 4.78 is 0. The Bertz CT molecular complexity index is 395. The van der Waals surface area contributed by atoms with E-state index in [1.165, 1.54) is 0 Å². The highest BCUT2D eigenvalue weighted by atomic mass is 35.5. The first-order valence-electron chi connectivity index (χ1n) is 5.61. The Kier molecular flexibility index (Phi) is 2.99. The molecule has 1 heterocycles. The summed E-state index contributed by atoms with van der Waals surface area (Å²) in [6, 6.07) is 6.25. The first-order valence-corrected chi connectivity index (χ1v) is 5.99. The van der Waals surface area contributed by atoms with Crippen LogP contribution in [0.25, 0.3) is 0 Å². The Labute approximate surface area is 102 Å². The molecule has 0 spiro atoms. The lowest BCUT2D eigenvalue weighted by Gasteiger charge is -2.23. The van der Waals surface area contributed by atoms with Crippen LogP contribution in [0, 0.1) is 6.92 Å². The second-order valence-electron chi connectivity index (χ2n) is 4.96. The summed E-state index contributed by atoms with van der Waals surface area (Å²) in [5.41, 5.74) is 1.23. The van der Waals surface area contributed by atoms with Crippen molar-refractivity contribution in [3.05, 3.63) is 34.3 Å². The third-order valence-corrected chi connectivity index (χ3v) is 4.01. The molecule has 1 saturated heterocycles. The molecule has 2 rings (SSSR count). The number of nitrogens with zero attached hydrogens (tertiary/aromatic N) is 1. The van der Waals surface area contributed by atoms with Crippen LogP contribution in [0.3, 0.4) is 0 Å². The fraction of sp³-hybridized carbons (Fsp3) is 0.538. The maximum atomic E-state index is 10.6. The minimum atomic E-state index is -0.745. The highest BCUT2D eigenvalue weighted by Gasteiger charge is 2.40. The van der Waals surface area contributed by atoms with Crippen LogP contribution in [0.2, 0.25) is 5.02 Å². The number of benzene rings is 1. The summed E-state index contributed by atoms with van der Waals surface area (Å²) in [4.78, 5) is 2.17. The molecule has 2 unspecified atom stereocenters. The van der Waals surface area contributed by atoms with Gasteiger partial charge in [0.25, 0.3) is 0 Å². The van der Waals surface area contributed by atoms with Crippen LogP contribution in [0.5, 0.6) is 0 Å². The van der Waals surface area contributed by atoms with E-state index in [4.69, 9.17) is 11.6 Å². The molecule has 1 aromatic carbocycles. The molecule has 0 amide bonds. The fourth-order valence-electron chi connectivity index (χ4n) is 2.37. The molecular weight excluding hydrogens is 222 g/mol. The Hall–Kier alpha value is -0.570. The topological polar surface area (TPSA) is 23.5 Å². The Morgan fingerprint density at radius 1 is 1.50 bits per heavy atom. The number of hydrogen-bond donors (Lipinski definition) is 1. The summed E-state index contributed by atoms with van der Waals surface area (Å²) in [6.07, 6.45) is 0.767. The highest BCUT2D eigenvalue weighted by Crippen LogP contribution is 2.36. The maximum absolute atomic E-state index is 10.6. The molecule has 1 N–H and O–H groups in total. The van der Waals surface area contributed by atoms with E-state index in [-0.39, 0.29) is 0 Å². The van der Waals surface area contributed by atoms with E-state index in [2.05, 4.69) is 11.8 Å². The van der Waals surface area contributed by atoms with Crippen LogP contribution >= 0.6 is 11.6 Å². The van der Waals surface area contributed by atoms with Gasteiger partial charge < -0.3 is 10.0 Å². The third kappa shape index (κ3) is 1.97. The molecule has 1 aromatic rings. The van der Waals surface area contributed by atoms with Crippen LogP contribution < -0.4 is 0 Å². The summed E-state index contributed by atoms with van der Waals surface area (Å²) in [5, 5.41) is 11.3. The van der Waals surface area contributed by atoms with Crippen molar-refractivity contribution in [2.45, 2.75) is 31.9 Å². The number of likely N-dealkylation sites (N-methyl/N-ethyl adjacent to an activating group) is 1. The first-order chi connectivity index (χ1) is 7.42. The smallest absolute Gasteiger partial charge is 0.104 e. The molecule has 2 atom stereocenters. The Morgan fingerprint density at radius 2 is 2.19 bits per heavy atom. The number of hydrogen-bond acceptors (Lipinski definition) is 2. The largest absolute Gasteiger partial charge is 0.384 e. The first kappa shape index (κ1) is 11.9. The molecule has 16 heavy (non-hydrogen) atoms. The van der Waals surface area contributed by atoms with Gasteiger partial charge in [-0.2, -0.15) is 0 Å². The zero-order valence-corrected chi connectivity index (χ0v) is 10.8. The van der Waals surface area contributed by atoms with E-state index in [1.54, 1.807) is 0 Å². The predicted molar refractivity (Wildman–Crippen MR) is 66.8 cm³/mol. The fourth-order valence-corrected chi connectivity index (χ4v) is 2.55. The SMILES string of the molecule is Cc1ccc(C2(O)CC(C)N(C)C2)cc1Cl. The molecule has 1 fully saturated rings. The monoisotopic (exact) mass is 239 g/mol. The molecule has 0 bridgehead atoms. The van der Waals surface area contributed by atoms with E-state index in [0.717, 1.165) is 22.6 Å². The van der Waals surface area contributed by atoms with Gasteiger partial charge in [-0.15, -0.1) is 0 Å². The lowest BCUT2D eigenvalue weighted by atomic mass is 9.91. The Balaban J connectivity index is 2.34. The minimum absolute atomic E-state index is 0.407. The molecular formula is C13H18ClNO. The van der Waals surface area contributed by atoms with Gasteiger partial charge in [-0.05, 0) is 44.5 Å². The molecule has 0 aromatic heterocycles. The molecule has 1 aliphatic rings. The quantitative estimate of drug-likeness (QED) is 0.814. The van der Waals surface area contributed by atoms with E-state index >= 15 is 0 Å². The normalized spacial score (nSPS) is 30.9. The van der Waals surface area contributed by atoms with Crippen molar-refractivity contribution in [1.29, 1.82) is 0 Å². The van der Waals surface area contributed by atoms with Gasteiger partial charge in [0.2, 0.25) is 0 Å². The van der Waals surface area contributed by atoms with E-state index < -0.39 is 5.60 Å². The number of β-amino-alcohol motifs (C(OH)–C–C–N with tert-alkyl or cyclic N) is 1. The lowest BCUT2D eigenvalue weighted by molar-refractivity contribution is 0.0486. The van der Waals surface area contributed by atoms with E-state index in [1.807, 2.05) is 32.2 Å². The predicted octanol–water partition coefficient (Wildman–Crippen LogP) is 2.56. The summed E-state index contributed by atoms with van der Waals surface area (Å²) >= 11 is 6.10. The molecule has 88 valence electrons. The van der Waals surface area contributed by atoms with Gasteiger partial charge in [0.1, 0.15) is 5.60 Å². The van der Waals surface area contributed by atoms with Gasteiger partial charge in [-0.3, -0.25) is 0 Å². The van der Waals surface area contributed by atoms with Gasteiger partial charge in [-0.25, -0.2) is 0 Å². The molecule has 2 nitrogen and oxygen atoms in total. The third-order valence-electron chi connectivity index (χ3n) is 3.61. The number of aliphatic hydroxyl groups is 1. The molecule has 0 aliphatic carbocycles. The highest BCUT2D eigenvalue weighted by molar-refractivity contribution is 6.31. The second-order valence-corrected chi connectivity index (χ2v) is 5.37.